The molecule has 0 fully saturated rings. The van der Waals surface area contributed by atoms with E-state index in [4.69, 9.17) is 11.6 Å². The first-order valence-electron chi connectivity index (χ1n) is 6.52. The standard InChI is InChI=1S/C16H14ClN3O2/c1-11-6-2-3-7-12(11)10-18-20-16(22)15(21)19-14-9-5-4-8-13(14)17/h2-10H,1H3,(H,19,21)(H,20,22)/b18-10-. The molecule has 0 radical (unpaired) electrons. The summed E-state index contributed by atoms with van der Waals surface area (Å²) < 4.78 is 0. The minimum atomic E-state index is -0.871. The van der Waals surface area contributed by atoms with Crippen LogP contribution in [0.4, 0.5) is 5.69 Å². The molecule has 5 nitrogen and oxygen atoms in total. The number of hydrogen-bond donors (Lipinski definition) is 2. The Labute approximate surface area is 133 Å². The normalized spacial score (nSPS) is 10.5. The van der Waals surface area contributed by atoms with E-state index in [0.717, 1.165) is 11.1 Å². The number of rotatable bonds is 3. The Hall–Kier alpha value is -2.66. The molecule has 2 aromatic carbocycles. The summed E-state index contributed by atoms with van der Waals surface area (Å²) in [6.07, 6.45) is 1.48. The summed E-state index contributed by atoms with van der Waals surface area (Å²) in [5.41, 5.74) is 4.41. The molecule has 0 aliphatic heterocycles. The average Bonchev–Trinajstić information content (AvgIpc) is 2.51. The Morgan fingerprint density at radius 1 is 1.05 bits per heavy atom. The van der Waals surface area contributed by atoms with Gasteiger partial charge in [0.25, 0.3) is 0 Å². The van der Waals surface area contributed by atoms with E-state index in [2.05, 4.69) is 15.8 Å². The molecule has 0 bridgehead atoms. The van der Waals surface area contributed by atoms with E-state index in [0.29, 0.717) is 10.7 Å². The molecule has 0 aromatic heterocycles. The number of hydrogen-bond acceptors (Lipinski definition) is 3. The zero-order valence-corrected chi connectivity index (χ0v) is 12.6. The number of nitrogens with one attached hydrogen (secondary N) is 2. The lowest BCUT2D eigenvalue weighted by Crippen LogP contribution is -2.32. The van der Waals surface area contributed by atoms with E-state index >= 15 is 0 Å². The Bertz CT molecular complexity index is 729. The number of benzene rings is 2. The van der Waals surface area contributed by atoms with Gasteiger partial charge in [0.1, 0.15) is 0 Å². The third kappa shape index (κ3) is 4.17. The zero-order valence-electron chi connectivity index (χ0n) is 11.8. The van der Waals surface area contributed by atoms with Crippen LogP contribution in [0, 0.1) is 6.92 Å². The van der Waals surface area contributed by atoms with E-state index in [1.165, 1.54) is 6.21 Å². The molecule has 6 heteroatoms. The summed E-state index contributed by atoms with van der Waals surface area (Å²) in [5.74, 6) is -1.71. The van der Waals surface area contributed by atoms with Crippen LogP contribution in [0.3, 0.4) is 0 Å². The molecular weight excluding hydrogens is 302 g/mol. The molecule has 0 spiro atoms. The molecule has 2 aromatic rings. The fourth-order valence-electron chi connectivity index (χ4n) is 1.68. The molecular formula is C16H14ClN3O2. The SMILES string of the molecule is Cc1ccccc1/C=N\NC(=O)C(=O)Nc1ccccc1Cl. The van der Waals surface area contributed by atoms with Gasteiger partial charge < -0.3 is 5.32 Å². The highest BCUT2D eigenvalue weighted by molar-refractivity contribution is 6.41. The van der Waals surface area contributed by atoms with Crippen LogP contribution < -0.4 is 10.7 Å². The number of amides is 2. The van der Waals surface area contributed by atoms with Crippen molar-refractivity contribution in [2.24, 2.45) is 5.10 Å². The second-order valence-corrected chi connectivity index (χ2v) is 4.90. The van der Waals surface area contributed by atoms with Gasteiger partial charge in [0.2, 0.25) is 0 Å². The second kappa shape index (κ2) is 7.38. The van der Waals surface area contributed by atoms with Crippen molar-refractivity contribution in [1.29, 1.82) is 0 Å². The largest absolute Gasteiger partial charge is 0.329 e. The number of halogens is 1. The van der Waals surface area contributed by atoms with Crippen LogP contribution in [0.25, 0.3) is 0 Å². The third-order valence-corrected chi connectivity index (χ3v) is 3.22. The van der Waals surface area contributed by atoms with Crippen LogP contribution in [-0.2, 0) is 9.59 Å². The Kier molecular flexibility index (Phi) is 5.27. The van der Waals surface area contributed by atoms with Crippen LogP contribution in [0.5, 0.6) is 0 Å². The molecule has 0 aliphatic rings. The van der Waals surface area contributed by atoms with Crippen molar-refractivity contribution in [3.63, 3.8) is 0 Å². The number of para-hydroxylation sites is 1. The molecule has 112 valence electrons. The van der Waals surface area contributed by atoms with E-state index < -0.39 is 11.8 Å². The molecule has 0 heterocycles. The van der Waals surface area contributed by atoms with Crippen LogP contribution >= 0.6 is 11.6 Å². The maximum Gasteiger partial charge on any atom is 0.329 e. The zero-order chi connectivity index (χ0) is 15.9. The van der Waals surface area contributed by atoms with Crippen molar-refractivity contribution in [3.8, 4) is 0 Å². The summed E-state index contributed by atoms with van der Waals surface area (Å²) in [7, 11) is 0. The van der Waals surface area contributed by atoms with Gasteiger partial charge in [-0.15, -0.1) is 0 Å². The highest BCUT2D eigenvalue weighted by atomic mass is 35.5. The van der Waals surface area contributed by atoms with Gasteiger partial charge in [-0.2, -0.15) is 5.10 Å². The van der Waals surface area contributed by atoms with Crippen molar-refractivity contribution in [2.45, 2.75) is 6.92 Å². The maximum absolute atomic E-state index is 11.7. The molecule has 2 N–H and O–H groups in total. The number of anilines is 1. The fraction of sp³-hybridized carbons (Fsp3) is 0.0625. The van der Waals surface area contributed by atoms with Crippen molar-refractivity contribution >= 4 is 35.3 Å². The number of carbonyl (C=O) groups excluding carboxylic acids is 2. The minimum absolute atomic E-state index is 0.354. The lowest BCUT2D eigenvalue weighted by atomic mass is 10.1. The quantitative estimate of drug-likeness (QED) is 0.519. The highest BCUT2D eigenvalue weighted by Gasteiger charge is 2.13. The first kappa shape index (κ1) is 15.7. The number of aryl methyl sites for hydroxylation is 1. The Morgan fingerprint density at radius 3 is 2.45 bits per heavy atom. The van der Waals surface area contributed by atoms with Gasteiger partial charge in [-0.1, -0.05) is 48.0 Å². The summed E-state index contributed by atoms with van der Waals surface area (Å²) in [6, 6.07) is 14.2. The fourth-order valence-corrected chi connectivity index (χ4v) is 1.87. The smallest absolute Gasteiger partial charge is 0.316 e. The molecule has 0 unspecified atom stereocenters. The topological polar surface area (TPSA) is 70.6 Å². The molecule has 0 saturated heterocycles. The summed E-state index contributed by atoms with van der Waals surface area (Å²) in [6.45, 7) is 1.92. The number of nitrogens with zero attached hydrogens (tertiary/aromatic N) is 1. The monoisotopic (exact) mass is 315 g/mol. The van der Waals surface area contributed by atoms with Gasteiger partial charge in [-0.3, -0.25) is 9.59 Å². The molecule has 0 aliphatic carbocycles. The van der Waals surface area contributed by atoms with Gasteiger partial charge in [0.15, 0.2) is 0 Å². The van der Waals surface area contributed by atoms with E-state index in [-0.39, 0.29) is 0 Å². The Balaban J connectivity index is 1.94. The summed E-state index contributed by atoms with van der Waals surface area (Å²) in [4.78, 5) is 23.4. The van der Waals surface area contributed by atoms with Crippen LogP contribution in [0.15, 0.2) is 53.6 Å². The number of carbonyl (C=O) groups is 2. The van der Waals surface area contributed by atoms with Crippen molar-refractivity contribution in [2.75, 3.05) is 5.32 Å². The molecule has 2 rings (SSSR count). The Morgan fingerprint density at radius 2 is 1.73 bits per heavy atom. The van der Waals surface area contributed by atoms with Crippen molar-refractivity contribution in [3.05, 3.63) is 64.7 Å². The third-order valence-electron chi connectivity index (χ3n) is 2.89. The van der Waals surface area contributed by atoms with Crippen molar-refractivity contribution in [1.82, 2.24) is 5.43 Å². The van der Waals surface area contributed by atoms with Gasteiger partial charge in [0.05, 0.1) is 16.9 Å². The van der Waals surface area contributed by atoms with E-state index in [1.54, 1.807) is 24.3 Å². The van der Waals surface area contributed by atoms with Crippen LogP contribution in [0.1, 0.15) is 11.1 Å². The summed E-state index contributed by atoms with van der Waals surface area (Å²) in [5, 5.41) is 6.54. The molecule has 0 atom stereocenters. The van der Waals surface area contributed by atoms with Gasteiger partial charge in [-0.05, 0) is 30.2 Å². The van der Waals surface area contributed by atoms with Crippen LogP contribution in [0.2, 0.25) is 5.02 Å². The summed E-state index contributed by atoms with van der Waals surface area (Å²) >= 11 is 5.90. The van der Waals surface area contributed by atoms with E-state index in [1.807, 2.05) is 31.2 Å². The lowest BCUT2D eigenvalue weighted by molar-refractivity contribution is -0.136. The second-order valence-electron chi connectivity index (χ2n) is 4.49. The predicted molar refractivity (Wildman–Crippen MR) is 87.0 cm³/mol. The first-order valence-corrected chi connectivity index (χ1v) is 6.90. The van der Waals surface area contributed by atoms with E-state index in [9.17, 15) is 9.59 Å². The highest BCUT2D eigenvalue weighted by Crippen LogP contribution is 2.20. The minimum Gasteiger partial charge on any atom is -0.316 e. The van der Waals surface area contributed by atoms with Gasteiger partial charge in [0, 0.05) is 0 Å². The molecule has 22 heavy (non-hydrogen) atoms. The first-order chi connectivity index (χ1) is 10.6. The molecule has 2 amide bonds. The van der Waals surface area contributed by atoms with Crippen LogP contribution in [-0.4, -0.2) is 18.0 Å². The van der Waals surface area contributed by atoms with Gasteiger partial charge >= 0.3 is 11.8 Å². The maximum atomic E-state index is 11.7. The average molecular weight is 316 g/mol. The van der Waals surface area contributed by atoms with Crippen molar-refractivity contribution < 1.29 is 9.59 Å². The van der Waals surface area contributed by atoms with Gasteiger partial charge in [-0.25, -0.2) is 5.43 Å². The predicted octanol–water partition coefficient (Wildman–Crippen LogP) is 2.74. The lowest BCUT2D eigenvalue weighted by Gasteiger charge is -2.05. The molecule has 0 saturated carbocycles. The number of hydrazone groups is 1.